The van der Waals surface area contributed by atoms with Crippen LogP contribution in [-0.4, -0.2) is 44.0 Å². The molecule has 4 N–H and O–H groups in total. The molecule has 3 aromatic carbocycles. The molecule has 0 atom stereocenters. The highest BCUT2D eigenvalue weighted by molar-refractivity contribution is 9.10. The summed E-state index contributed by atoms with van der Waals surface area (Å²) in [7, 11) is 0. The van der Waals surface area contributed by atoms with E-state index < -0.39 is 29.9 Å². The second-order valence-electron chi connectivity index (χ2n) is 8.70. The largest absolute Gasteiger partial charge is 0.351 e. The van der Waals surface area contributed by atoms with Crippen molar-refractivity contribution >= 4 is 66.9 Å². The van der Waals surface area contributed by atoms with Gasteiger partial charge in [0.15, 0.2) is 6.29 Å². The molecule has 0 saturated heterocycles. The lowest BCUT2D eigenvalue weighted by Gasteiger charge is -2.31. The van der Waals surface area contributed by atoms with Crippen LogP contribution in [0.2, 0.25) is 0 Å². The lowest BCUT2D eigenvalue weighted by Crippen LogP contribution is -2.65. The zero-order valence-electron chi connectivity index (χ0n) is 21.9. The molecule has 0 radical (unpaired) electrons. The minimum atomic E-state index is -1.94. The average Bonchev–Trinajstić information content (AvgIpc) is 3.11. The zero-order chi connectivity index (χ0) is 28.7. The van der Waals surface area contributed by atoms with E-state index in [0.29, 0.717) is 35.8 Å². The van der Waals surface area contributed by atoms with Gasteiger partial charge in [0.05, 0.1) is 12.2 Å². The van der Waals surface area contributed by atoms with Gasteiger partial charge in [-0.1, -0.05) is 62.2 Å². The number of amides is 5. The maximum absolute atomic E-state index is 14.2. The number of halogens is 2. The highest BCUT2D eigenvalue weighted by Gasteiger charge is 2.54. The normalized spacial score (nSPS) is 13.6. The first kappa shape index (κ1) is 29.5. The number of anilines is 3. The van der Waals surface area contributed by atoms with E-state index in [1.807, 2.05) is 26.0 Å². The first-order chi connectivity index (χ1) is 19.3. The van der Waals surface area contributed by atoms with Gasteiger partial charge < -0.3 is 35.6 Å². The minimum absolute atomic E-state index is 0.0448. The molecule has 0 aliphatic carbocycles. The molecule has 1 aliphatic heterocycles. The van der Waals surface area contributed by atoms with Crippen molar-refractivity contribution < 1.29 is 23.9 Å². The number of hydrogen-bond acceptors (Lipinski definition) is 5. The van der Waals surface area contributed by atoms with Crippen molar-refractivity contribution in [2.75, 3.05) is 35.3 Å². The minimum Gasteiger partial charge on any atom is -0.351 e. The SMILES string of the molecule is CCOC(CN1C(=O)C(NC(=O)Nc2cccc(Br)c2)(NC(=O)Nc2cccc(Br)c2)c2ccccc21)OCC. The summed E-state index contributed by atoms with van der Waals surface area (Å²) in [5.74, 6) is -0.577. The summed E-state index contributed by atoms with van der Waals surface area (Å²) in [6.45, 7) is 4.46. The first-order valence-electron chi connectivity index (χ1n) is 12.6. The van der Waals surface area contributed by atoms with Crippen molar-refractivity contribution in [1.82, 2.24) is 10.6 Å². The van der Waals surface area contributed by atoms with Crippen LogP contribution in [0.3, 0.4) is 0 Å². The van der Waals surface area contributed by atoms with Gasteiger partial charge in [-0.25, -0.2) is 9.59 Å². The van der Waals surface area contributed by atoms with Crippen LogP contribution >= 0.6 is 31.9 Å². The first-order valence-corrected chi connectivity index (χ1v) is 14.2. The van der Waals surface area contributed by atoms with Crippen LogP contribution in [0, 0.1) is 0 Å². The third-order valence-corrected chi connectivity index (χ3v) is 6.96. The van der Waals surface area contributed by atoms with E-state index in [9.17, 15) is 14.4 Å². The Bertz CT molecular complexity index is 1320. The second kappa shape index (κ2) is 13.3. The molecule has 3 aromatic rings. The summed E-state index contributed by atoms with van der Waals surface area (Å²) in [6.07, 6.45) is -0.714. The predicted octanol–water partition coefficient (Wildman–Crippen LogP) is 5.75. The van der Waals surface area contributed by atoms with Crippen molar-refractivity contribution in [3.05, 3.63) is 87.3 Å². The fourth-order valence-electron chi connectivity index (χ4n) is 4.38. The van der Waals surface area contributed by atoms with Crippen molar-refractivity contribution in [2.24, 2.45) is 0 Å². The van der Waals surface area contributed by atoms with Crippen molar-refractivity contribution in [2.45, 2.75) is 25.8 Å². The Labute approximate surface area is 249 Å². The number of benzene rings is 3. The summed E-state index contributed by atoms with van der Waals surface area (Å²) in [5, 5.41) is 11.0. The molecular weight excluding hydrogens is 646 g/mol. The van der Waals surface area contributed by atoms with E-state index in [1.165, 1.54) is 4.90 Å². The average molecular weight is 675 g/mol. The Kier molecular flexibility index (Phi) is 9.80. The number of urea groups is 2. The van der Waals surface area contributed by atoms with E-state index in [0.717, 1.165) is 8.95 Å². The molecule has 12 heteroatoms. The summed E-state index contributed by atoms with van der Waals surface area (Å²) >= 11 is 6.76. The standard InChI is InChI=1S/C28H29Br2N5O5/c1-3-39-24(40-4-2)17-35-23-14-6-5-13-22(23)28(25(35)36,33-26(37)31-20-11-7-9-18(29)15-20)34-27(38)32-21-12-8-10-19(30)16-21/h5-16,24H,3-4,17H2,1-2H3,(H2,31,33,37)(H2,32,34,38). The lowest BCUT2D eigenvalue weighted by atomic mass is 10.0. The van der Waals surface area contributed by atoms with Gasteiger partial charge in [0, 0.05) is 39.1 Å². The Balaban J connectivity index is 1.70. The fourth-order valence-corrected chi connectivity index (χ4v) is 5.18. The summed E-state index contributed by atoms with van der Waals surface area (Å²) in [6, 6.07) is 19.5. The summed E-state index contributed by atoms with van der Waals surface area (Å²) in [5.41, 5.74) is -0.0676. The molecule has 0 bridgehead atoms. The van der Waals surface area contributed by atoms with Gasteiger partial charge >= 0.3 is 12.1 Å². The third kappa shape index (κ3) is 6.81. The van der Waals surface area contributed by atoms with Crippen molar-refractivity contribution in [3.63, 3.8) is 0 Å². The smallest absolute Gasteiger partial charge is 0.321 e. The Hall–Kier alpha value is -3.45. The van der Waals surface area contributed by atoms with Gasteiger partial charge in [-0.05, 0) is 56.3 Å². The molecule has 210 valence electrons. The van der Waals surface area contributed by atoms with Crippen LogP contribution in [0.15, 0.2) is 81.7 Å². The Morgan fingerprint density at radius 1 is 0.825 bits per heavy atom. The van der Waals surface area contributed by atoms with Gasteiger partial charge in [0.25, 0.3) is 5.91 Å². The van der Waals surface area contributed by atoms with E-state index in [2.05, 4.69) is 53.1 Å². The summed E-state index contributed by atoms with van der Waals surface area (Å²) in [4.78, 5) is 42.3. The van der Waals surface area contributed by atoms with E-state index >= 15 is 0 Å². The number of carbonyl (C=O) groups is 3. The number of ether oxygens (including phenoxy) is 2. The van der Waals surface area contributed by atoms with Gasteiger partial charge in [0.1, 0.15) is 0 Å². The Morgan fingerprint density at radius 2 is 1.35 bits per heavy atom. The van der Waals surface area contributed by atoms with Gasteiger partial charge in [0.2, 0.25) is 5.66 Å². The molecule has 0 aromatic heterocycles. The monoisotopic (exact) mass is 673 g/mol. The molecule has 0 unspecified atom stereocenters. The van der Waals surface area contributed by atoms with Gasteiger partial charge in [-0.3, -0.25) is 4.79 Å². The zero-order valence-corrected chi connectivity index (χ0v) is 25.0. The van der Waals surface area contributed by atoms with Gasteiger partial charge in [-0.2, -0.15) is 0 Å². The molecule has 4 rings (SSSR count). The number of rotatable bonds is 10. The van der Waals surface area contributed by atoms with Crippen LogP contribution in [0.4, 0.5) is 26.7 Å². The number of hydrogen-bond donors (Lipinski definition) is 4. The predicted molar refractivity (Wildman–Crippen MR) is 160 cm³/mol. The Morgan fingerprint density at radius 3 is 1.85 bits per heavy atom. The van der Waals surface area contributed by atoms with Crippen LogP contribution in [0.25, 0.3) is 0 Å². The molecule has 5 amide bonds. The maximum Gasteiger partial charge on any atom is 0.321 e. The van der Waals surface area contributed by atoms with Crippen LogP contribution in [0.5, 0.6) is 0 Å². The number of para-hydroxylation sites is 1. The second-order valence-corrected chi connectivity index (χ2v) is 10.5. The molecule has 40 heavy (non-hydrogen) atoms. The molecule has 0 saturated carbocycles. The quantitative estimate of drug-likeness (QED) is 0.204. The highest BCUT2D eigenvalue weighted by atomic mass is 79.9. The highest BCUT2D eigenvalue weighted by Crippen LogP contribution is 2.39. The van der Waals surface area contributed by atoms with Crippen LogP contribution < -0.4 is 26.2 Å². The molecule has 0 spiro atoms. The van der Waals surface area contributed by atoms with Crippen LogP contribution in [-0.2, 0) is 19.9 Å². The third-order valence-electron chi connectivity index (χ3n) is 5.97. The molecule has 0 fully saturated rings. The molecule has 1 heterocycles. The van der Waals surface area contributed by atoms with E-state index in [4.69, 9.17) is 9.47 Å². The number of nitrogens with zero attached hydrogens (tertiary/aromatic N) is 1. The number of carbonyl (C=O) groups excluding carboxylic acids is 3. The van der Waals surface area contributed by atoms with E-state index in [-0.39, 0.29) is 6.54 Å². The van der Waals surface area contributed by atoms with Crippen molar-refractivity contribution in [3.8, 4) is 0 Å². The number of fused-ring (bicyclic) bond motifs is 1. The maximum atomic E-state index is 14.2. The van der Waals surface area contributed by atoms with Crippen molar-refractivity contribution in [1.29, 1.82) is 0 Å². The molecule has 1 aliphatic rings. The van der Waals surface area contributed by atoms with E-state index in [1.54, 1.807) is 60.7 Å². The van der Waals surface area contributed by atoms with Crippen LogP contribution in [0.1, 0.15) is 19.4 Å². The number of nitrogens with one attached hydrogen (secondary N) is 4. The summed E-state index contributed by atoms with van der Waals surface area (Å²) < 4.78 is 12.9. The fraction of sp³-hybridized carbons (Fsp3) is 0.250. The lowest BCUT2D eigenvalue weighted by molar-refractivity contribution is -0.137. The molecular formula is C28H29Br2N5O5. The topological polar surface area (TPSA) is 121 Å². The van der Waals surface area contributed by atoms with Gasteiger partial charge in [-0.15, -0.1) is 0 Å². The molecule has 10 nitrogen and oxygen atoms in total.